The van der Waals surface area contributed by atoms with Crippen molar-refractivity contribution in [1.29, 1.82) is 0 Å². The van der Waals surface area contributed by atoms with Gasteiger partial charge in [0.1, 0.15) is 5.75 Å². The van der Waals surface area contributed by atoms with Crippen LogP contribution < -0.4 is 4.74 Å². The molecule has 7 nitrogen and oxygen atoms in total. The summed E-state index contributed by atoms with van der Waals surface area (Å²) in [7, 11) is 1.63. The maximum atomic E-state index is 13.4. The monoisotopic (exact) mass is 424 g/mol. The van der Waals surface area contributed by atoms with E-state index < -0.39 is 6.10 Å². The van der Waals surface area contributed by atoms with Crippen molar-refractivity contribution < 1.29 is 14.6 Å². The van der Waals surface area contributed by atoms with Crippen LogP contribution in [0.4, 0.5) is 0 Å². The normalized spacial score (nSPS) is 24.1. The van der Waals surface area contributed by atoms with E-state index in [0.29, 0.717) is 23.8 Å². The third kappa shape index (κ3) is 3.61. The SMILES string of the molecule is COc1ccc(C2CC(O)C(n3cc(C4CC4)nn3)CN2C(=O)c2cccs2)cc1. The van der Waals surface area contributed by atoms with E-state index in [1.807, 2.05) is 52.9 Å². The average molecular weight is 425 g/mol. The Morgan fingerprint density at radius 2 is 2.03 bits per heavy atom. The molecule has 1 aliphatic carbocycles. The van der Waals surface area contributed by atoms with Gasteiger partial charge in [0, 0.05) is 25.1 Å². The van der Waals surface area contributed by atoms with E-state index >= 15 is 0 Å². The molecule has 5 rings (SSSR count). The zero-order valence-corrected chi connectivity index (χ0v) is 17.5. The van der Waals surface area contributed by atoms with Crippen LogP contribution in [0.15, 0.2) is 48.0 Å². The molecule has 1 saturated heterocycles. The molecule has 2 aromatic heterocycles. The lowest BCUT2D eigenvalue weighted by atomic mass is 9.90. The molecule has 3 unspecified atom stereocenters. The molecule has 1 N–H and O–H groups in total. The van der Waals surface area contributed by atoms with E-state index in [1.54, 1.807) is 11.8 Å². The Morgan fingerprint density at radius 1 is 1.23 bits per heavy atom. The van der Waals surface area contributed by atoms with Crippen molar-refractivity contribution in [3.8, 4) is 5.75 Å². The number of ether oxygens (including phenoxy) is 1. The Kier molecular flexibility index (Phi) is 5.04. The summed E-state index contributed by atoms with van der Waals surface area (Å²) in [6.07, 6.45) is 4.04. The van der Waals surface area contributed by atoms with Gasteiger partial charge < -0.3 is 14.7 Å². The second-order valence-corrected chi connectivity index (χ2v) is 8.94. The van der Waals surface area contributed by atoms with Crippen molar-refractivity contribution in [2.24, 2.45) is 0 Å². The Balaban J connectivity index is 1.46. The molecule has 1 amide bonds. The lowest BCUT2D eigenvalue weighted by Crippen LogP contribution is -2.48. The van der Waals surface area contributed by atoms with Crippen LogP contribution in [0.1, 0.15) is 58.2 Å². The fourth-order valence-corrected chi connectivity index (χ4v) is 4.83. The average Bonchev–Trinajstić information content (AvgIpc) is 3.27. The quantitative estimate of drug-likeness (QED) is 0.679. The van der Waals surface area contributed by atoms with E-state index in [-0.39, 0.29) is 18.0 Å². The van der Waals surface area contributed by atoms with Crippen molar-refractivity contribution in [3.05, 3.63) is 64.1 Å². The summed E-state index contributed by atoms with van der Waals surface area (Å²) in [4.78, 5) is 15.9. The van der Waals surface area contributed by atoms with Gasteiger partial charge in [0.05, 0.1) is 35.9 Å². The molecule has 3 heterocycles. The number of aliphatic hydroxyl groups is 1. The number of thiophene rings is 1. The number of hydrogen-bond donors (Lipinski definition) is 1. The first-order chi connectivity index (χ1) is 14.6. The highest BCUT2D eigenvalue weighted by Crippen LogP contribution is 2.40. The maximum Gasteiger partial charge on any atom is 0.264 e. The molecular weight excluding hydrogens is 400 g/mol. The molecule has 2 aliphatic rings. The summed E-state index contributed by atoms with van der Waals surface area (Å²) < 4.78 is 7.01. The van der Waals surface area contributed by atoms with Gasteiger partial charge in [-0.3, -0.25) is 4.79 Å². The molecule has 1 saturated carbocycles. The van der Waals surface area contributed by atoms with Gasteiger partial charge in [0.25, 0.3) is 5.91 Å². The molecule has 1 aromatic carbocycles. The van der Waals surface area contributed by atoms with Crippen LogP contribution in [-0.2, 0) is 0 Å². The van der Waals surface area contributed by atoms with Gasteiger partial charge in [-0.05, 0) is 42.0 Å². The third-order valence-corrected chi connectivity index (χ3v) is 6.88. The van der Waals surface area contributed by atoms with Gasteiger partial charge in [-0.25, -0.2) is 4.68 Å². The second kappa shape index (κ2) is 7.85. The van der Waals surface area contributed by atoms with Crippen molar-refractivity contribution in [2.75, 3.05) is 13.7 Å². The molecule has 30 heavy (non-hydrogen) atoms. The minimum absolute atomic E-state index is 0.0229. The summed E-state index contributed by atoms with van der Waals surface area (Å²) in [5, 5.41) is 21.5. The molecule has 156 valence electrons. The molecule has 3 atom stereocenters. The fraction of sp³-hybridized carbons (Fsp3) is 0.409. The highest BCUT2D eigenvalue weighted by molar-refractivity contribution is 7.12. The Morgan fingerprint density at radius 3 is 2.70 bits per heavy atom. The Hall–Kier alpha value is -2.71. The van der Waals surface area contributed by atoms with Crippen LogP contribution in [-0.4, -0.2) is 50.7 Å². The second-order valence-electron chi connectivity index (χ2n) is 7.99. The molecule has 0 bridgehead atoms. The molecular formula is C22H24N4O3S. The highest BCUT2D eigenvalue weighted by Gasteiger charge is 2.40. The first kappa shape index (κ1) is 19.3. The minimum atomic E-state index is -0.627. The van der Waals surface area contributed by atoms with Crippen molar-refractivity contribution >= 4 is 17.2 Å². The number of rotatable bonds is 5. The predicted molar refractivity (Wildman–Crippen MR) is 113 cm³/mol. The van der Waals surface area contributed by atoms with Crippen LogP contribution in [0.25, 0.3) is 0 Å². The standard InChI is InChI=1S/C22H24N4O3S/c1-29-16-8-6-15(7-9-16)18-11-20(27)19(26-12-17(23-24-26)14-4-5-14)13-25(18)22(28)21-3-2-10-30-21/h2-3,6-10,12,14,18-20,27H,4-5,11,13H2,1H3. The number of carbonyl (C=O) groups is 1. The van der Waals surface area contributed by atoms with E-state index in [2.05, 4.69) is 10.3 Å². The number of piperidine rings is 1. The maximum absolute atomic E-state index is 13.4. The Bertz CT molecular complexity index is 1010. The number of likely N-dealkylation sites (tertiary alicyclic amines) is 1. The zero-order chi connectivity index (χ0) is 20.7. The van der Waals surface area contributed by atoms with Crippen molar-refractivity contribution in [1.82, 2.24) is 19.9 Å². The summed E-state index contributed by atoms with van der Waals surface area (Å²) in [5.41, 5.74) is 1.96. The van der Waals surface area contributed by atoms with Gasteiger partial charge in [0.15, 0.2) is 0 Å². The van der Waals surface area contributed by atoms with Gasteiger partial charge in [-0.15, -0.1) is 16.4 Å². The lowest BCUT2D eigenvalue weighted by molar-refractivity contribution is -0.00166. The highest BCUT2D eigenvalue weighted by atomic mass is 32.1. The van der Waals surface area contributed by atoms with E-state index in [4.69, 9.17) is 4.74 Å². The van der Waals surface area contributed by atoms with Gasteiger partial charge >= 0.3 is 0 Å². The fourth-order valence-electron chi connectivity index (χ4n) is 4.15. The Labute approximate surface area is 178 Å². The molecule has 8 heteroatoms. The zero-order valence-electron chi connectivity index (χ0n) is 16.7. The summed E-state index contributed by atoms with van der Waals surface area (Å²) in [6.45, 7) is 0.377. The van der Waals surface area contributed by atoms with Crippen LogP contribution in [0.2, 0.25) is 0 Å². The van der Waals surface area contributed by atoms with Crippen molar-refractivity contribution in [2.45, 2.75) is 43.4 Å². The topological polar surface area (TPSA) is 80.5 Å². The van der Waals surface area contributed by atoms with E-state index in [9.17, 15) is 9.90 Å². The molecule has 0 radical (unpaired) electrons. The van der Waals surface area contributed by atoms with Crippen molar-refractivity contribution in [3.63, 3.8) is 0 Å². The third-order valence-electron chi connectivity index (χ3n) is 6.03. The van der Waals surface area contributed by atoms with E-state index in [0.717, 1.165) is 29.8 Å². The summed E-state index contributed by atoms with van der Waals surface area (Å²) >= 11 is 1.43. The predicted octanol–water partition coefficient (Wildman–Crippen LogP) is 3.42. The van der Waals surface area contributed by atoms with Gasteiger partial charge in [-0.2, -0.15) is 0 Å². The molecule has 2 fully saturated rings. The number of methoxy groups -OCH3 is 1. The number of amides is 1. The number of aliphatic hydroxyl groups excluding tert-OH is 1. The molecule has 1 aliphatic heterocycles. The van der Waals surface area contributed by atoms with E-state index in [1.165, 1.54) is 11.3 Å². The van der Waals surface area contributed by atoms with Crippen LogP contribution >= 0.6 is 11.3 Å². The number of hydrogen-bond acceptors (Lipinski definition) is 6. The first-order valence-corrected chi connectivity index (χ1v) is 11.1. The van der Waals surface area contributed by atoms with Gasteiger partial charge in [-0.1, -0.05) is 23.4 Å². The van der Waals surface area contributed by atoms with Crippen LogP contribution in [0.5, 0.6) is 5.75 Å². The number of carbonyl (C=O) groups excluding carboxylic acids is 1. The first-order valence-electron chi connectivity index (χ1n) is 10.2. The van der Waals surface area contributed by atoms with Crippen LogP contribution in [0.3, 0.4) is 0 Å². The lowest BCUT2D eigenvalue weighted by Gasteiger charge is -2.42. The molecule has 3 aromatic rings. The smallest absolute Gasteiger partial charge is 0.264 e. The number of aromatic nitrogens is 3. The molecule has 0 spiro atoms. The minimum Gasteiger partial charge on any atom is -0.497 e. The number of nitrogens with zero attached hydrogens (tertiary/aromatic N) is 4. The summed E-state index contributed by atoms with van der Waals surface area (Å²) in [5.74, 6) is 1.24. The largest absolute Gasteiger partial charge is 0.497 e. The van der Waals surface area contributed by atoms with Crippen LogP contribution in [0, 0.1) is 0 Å². The summed E-state index contributed by atoms with van der Waals surface area (Å²) in [6, 6.07) is 10.9. The van der Waals surface area contributed by atoms with Gasteiger partial charge in [0.2, 0.25) is 0 Å². The number of benzene rings is 1.